The van der Waals surface area contributed by atoms with Crippen LogP contribution in [0, 0.1) is 5.92 Å². The second-order valence-corrected chi connectivity index (χ2v) is 6.47. The molecule has 2 aromatic rings. The van der Waals surface area contributed by atoms with Crippen LogP contribution in [0.15, 0.2) is 78.4 Å². The number of hydrogen-bond donors (Lipinski definition) is 3. The third kappa shape index (κ3) is 4.24. The van der Waals surface area contributed by atoms with Crippen LogP contribution >= 0.6 is 0 Å². The third-order valence-electron chi connectivity index (χ3n) is 4.64. The summed E-state index contributed by atoms with van der Waals surface area (Å²) in [4.78, 5) is 0. The lowest BCUT2D eigenvalue weighted by molar-refractivity contribution is 0.284. The molecule has 3 rings (SSSR count). The van der Waals surface area contributed by atoms with Crippen molar-refractivity contribution in [2.24, 2.45) is 5.92 Å². The second kappa shape index (κ2) is 8.54. The molecule has 0 atom stereocenters. The molecule has 0 radical (unpaired) electrons. The molecule has 0 saturated carbocycles. The molecule has 0 amide bonds. The Morgan fingerprint density at radius 3 is 1.69 bits per heavy atom. The Hall–Kier alpha value is -2.78. The highest BCUT2D eigenvalue weighted by Crippen LogP contribution is 2.36. The van der Waals surface area contributed by atoms with Gasteiger partial charge in [-0.05, 0) is 60.2 Å². The van der Waals surface area contributed by atoms with Crippen LogP contribution in [-0.4, -0.2) is 21.9 Å². The molecule has 1 aliphatic rings. The van der Waals surface area contributed by atoms with E-state index in [0.717, 1.165) is 36.0 Å². The first kappa shape index (κ1) is 18.0. The average Bonchev–Trinajstić information content (AvgIpc) is 3.18. The van der Waals surface area contributed by atoms with Crippen LogP contribution in [0.5, 0.6) is 11.5 Å². The van der Waals surface area contributed by atoms with Crippen molar-refractivity contribution in [1.29, 1.82) is 0 Å². The van der Waals surface area contributed by atoms with Crippen molar-refractivity contribution in [3.63, 3.8) is 0 Å². The van der Waals surface area contributed by atoms with Gasteiger partial charge in [0.1, 0.15) is 11.5 Å². The first-order valence-electron chi connectivity index (χ1n) is 8.97. The third-order valence-corrected chi connectivity index (χ3v) is 4.64. The molecule has 0 spiro atoms. The molecule has 26 heavy (non-hydrogen) atoms. The van der Waals surface area contributed by atoms with E-state index in [2.05, 4.69) is 24.3 Å². The fourth-order valence-corrected chi connectivity index (χ4v) is 3.34. The summed E-state index contributed by atoms with van der Waals surface area (Å²) in [5, 5.41) is 28.5. The van der Waals surface area contributed by atoms with Crippen LogP contribution in [0.3, 0.4) is 0 Å². The van der Waals surface area contributed by atoms with E-state index in [1.807, 2.05) is 24.3 Å². The van der Waals surface area contributed by atoms with Gasteiger partial charge in [-0.3, -0.25) is 0 Å². The number of aliphatic hydroxyl groups is 1. The molecule has 3 nitrogen and oxygen atoms in total. The van der Waals surface area contributed by atoms with E-state index in [0.29, 0.717) is 0 Å². The fourth-order valence-electron chi connectivity index (χ4n) is 3.34. The molecule has 0 aliphatic heterocycles. The Morgan fingerprint density at radius 1 is 0.731 bits per heavy atom. The monoisotopic (exact) mass is 348 g/mol. The van der Waals surface area contributed by atoms with Gasteiger partial charge in [-0.15, -0.1) is 0 Å². The summed E-state index contributed by atoms with van der Waals surface area (Å²) in [5.74, 6) is 0.689. The van der Waals surface area contributed by atoms with E-state index in [9.17, 15) is 15.3 Å². The van der Waals surface area contributed by atoms with E-state index in [1.54, 1.807) is 24.3 Å². The number of benzene rings is 2. The number of rotatable bonds is 7. The van der Waals surface area contributed by atoms with Gasteiger partial charge in [-0.25, -0.2) is 0 Å². The molecule has 0 saturated heterocycles. The number of unbranched alkanes of at least 4 members (excludes halogenated alkanes) is 1. The Bertz CT molecular complexity index is 752. The maximum Gasteiger partial charge on any atom is 0.115 e. The molecule has 0 aromatic heterocycles. The number of allylic oxidation sites excluding steroid dienone is 5. The summed E-state index contributed by atoms with van der Waals surface area (Å²) >= 11 is 0. The average molecular weight is 348 g/mol. The number of phenols is 2. The van der Waals surface area contributed by atoms with E-state index < -0.39 is 0 Å². The first-order valence-corrected chi connectivity index (χ1v) is 8.97. The lowest BCUT2D eigenvalue weighted by Crippen LogP contribution is -2.03. The maximum absolute atomic E-state index is 9.67. The largest absolute Gasteiger partial charge is 0.508 e. The van der Waals surface area contributed by atoms with Crippen molar-refractivity contribution in [2.75, 3.05) is 6.61 Å². The van der Waals surface area contributed by atoms with Crippen molar-refractivity contribution in [3.8, 4) is 11.5 Å². The lowest BCUT2D eigenvalue weighted by atomic mass is 9.84. The van der Waals surface area contributed by atoms with Gasteiger partial charge in [0.25, 0.3) is 0 Å². The highest BCUT2D eigenvalue weighted by Gasteiger charge is 2.18. The van der Waals surface area contributed by atoms with Crippen LogP contribution in [0.4, 0.5) is 0 Å². The van der Waals surface area contributed by atoms with Gasteiger partial charge in [-0.2, -0.15) is 0 Å². The topological polar surface area (TPSA) is 60.7 Å². The predicted molar refractivity (Wildman–Crippen MR) is 105 cm³/mol. The zero-order valence-corrected chi connectivity index (χ0v) is 14.7. The molecule has 2 aromatic carbocycles. The van der Waals surface area contributed by atoms with Gasteiger partial charge >= 0.3 is 0 Å². The summed E-state index contributed by atoms with van der Waals surface area (Å²) in [6.07, 6.45) is 11.0. The summed E-state index contributed by atoms with van der Waals surface area (Å²) in [6, 6.07) is 14.5. The second-order valence-electron chi connectivity index (χ2n) is 6.47. The van der Waals surface area contributed by atoms with Gasteiger partial charge in [0, 0.05) is 12.5 Å². The Morgan fingerprint density at radius 2 is 1.23 bits per heavy atom. The summed E-state index contributed by atoms with van der Waals surface area (Å²) < 4.78 is 0. The molecule has 3 heteroatoms. The molecular weight excluding hydrogens is 324 g/mol. The smallest absolute Gasteiger partial charge is 0.115 e. The molecule has 134 valence electrons. The van der Waals surface area contributed by atoms with Crippen LogP contribution in [0.1, 0.15) is 30.4 Å². The highest BCUT2D eigenvalue weighted by molar-refractivity contribution is 5.83. The molecule has 1 aliphatic carbocycles. The summed E-state index contributed by atoms with van der Waals surface area (Å²) in [5.41, 5.74) is 4.45. The molecule has 0 heterocycles. The minimum Gasteiger partial charge on any atom is -0.508 e. The van der Waals surface area contributed by atoms with Crippen LogP contribution in [-0.2, 0) is 0 Å². The van der Waals surface area contributed by atoms with E-state index >= 15 is 0 Å². The summed E-state index contributed by atoms with van der Waals surface area (Å²) in [6.45, 7) is 0.192. The lowest BCUT2D eigenvalue weighted by Gasteiger charge is -2.20. The standard InChI is InChI=1S/C23H24O3/c24-16-4-3-7-22(17-5-1-2-6-17)23(18-8-12-20(25)13-9-18)19-10-14-21(26)15-11-19/h1-2,5-6,8-15,17,24-26H,3-4,7,16H2. The van der Waals surface area contributed by atoms with Crippen molar-refractivity contribution >= 4 is 5.57 Å². The van der Waals surface area contributed by atoms with Gasteiger partial charge < -0.3 is 15.3 Å². The Kier molecular flexibility index (Phi) is 5.92. The van der Waals surface area contributed by atoms with Gasteiger partial charge in [0.15, 0.2) is 0 Å². The highest BCUT2D eigenvalue weighted by atomic mass is 16.3. The SMILES string of the molecule is OCCCCC(=C(c1ccc(O)cc1)c1ccc(O)cc1)C1C=CC=C1. The van der Waals surface area contributed by atoms with Crippen molar-refractivity contribution in [3.05, 3.63) is 89.5 Å². The Labute approximate surface area is 154 Å². The minimum atomic E-state index is 0.192. The maximum atomic E-state index is 9.67. The molecular formula is C23H24O3. The number of phenolic OH excluding ortho intramolecular Hbond substituents is 2. The van der Waals surface area contributed by atoms with Crippen molar-refractivity contribution in [1.82, 2.24) is 0 Å². The predicted octanol–water partition coefficient (Wildman–Crippen LogP) is 4.80. The van der Waals surface area contributed by atoms with E-state index in [4.69, 9.17) is 0 Å². The molecule has 3 N–H and O–H groups in total. The quantitative estimate of drug-likeness (QED) is 0.630. The van der Waals surface area contributed by atoms with E-state index in [-0.39, 0.29) is 24.0 Å². The Balaban J connectivity index is 2.14. The van der Waals surface area contributed by atoms with Gasteiger partial charge in [0.05, 0.1) is 0 Å². The van der Waals surface area contributed by atoms with Crippen LogP contribution in [0.25, 0.3) is 5.57 Å². The normalized spacial score (nSPS) is 13.3. The van der Waals surface area contributed by atoms with Gasteiger partial charge in [-0.1, -0.05) is 54.1 Å². The summed E-state index contributed by atoms with van der Waals surface area (Å²) in [7, 11) is 0. The zero-order valence-electron chi connectivity index (χ0n) is 14.7. The van der Waals surface area contributed by atoms with Crippen molar-refractivity contribution < 1.29 is 15.3 Å². The number of aliphatic hydroxyl groups excluding tert-OH is 1. The number of aromatic hydroxyl groups is 2. The van der Waals surface area contributed by atoms with Crippen LogP contribution < -0.4 is 0 Å². The molecule has 0 fully saturated rings. The van der Waals surface area contributed by atoms with Crippen LogP contribution in [0.2, 0.25) is 0 Å². The molecule has 0 unspecified atom stereocenters. The number of hydrogen-bond acceptors (Lipinski definition) is 3. The van der Waals surface area contributed by atoms with Gasteiger partial charge in [0.2, 0.25) is 0 Å². The zero-order chi connectivity index (χ0) is 18.4. The van der Waals surface area contributed by atoms with Crippen molar-refractivity contribution in [2.45, 2.75) is 19.3 Å². The molecule has 0 bridgehead atoms. The minimum absolute atomic E-state index is 0.192. The first-order chi connectivity index (χ1) is 12.7. The van der Waals surface area contributed by atoms with E-state index in [1.165, 1.54) is 5.57 Å². The fraction of sp³-hybridized carbons (Fsp3) is 0.217.